The minimum atomic E-state index is 0.835. The average molecular weight is 307 g/mol. The van der Waals surface area contributed by atoms with Crippen LogP contribution in [0.1, 0.15) is 5.56 Å². The molecule has 0 bridgehead atoms. The van der Waals surface area contributed by atoms with E-state index in [1.807, 2.05) is 18.2 Å². The van der Waals surface area contributed by atoms with Crippen molar-refractivity contribution in [1.82, 2.24) is 0 Å². The second kappa shape index (κ2) is 7.49. The van der Waals surface area contributed by atoms with E-state index in [2.05, 4.69) is 40.7 Å². The lowest BCUT2D eigenvalue weighted by Gasteiger charge is -2.21. The molecule has 5 heteroatoms. The zero-order valence-electron chi connectivity index (χ0n) is 10.5. The molecule has 2 aromatic carbocycles. The summed E-state index contributed by atoms with van der Waals surface area (Å²) in [5, 5.41) is 0. The van der Waals surface area contributed by atoms with Gasteiger partial charge in [-0.05, 0) is 41.6 Å². The van der Waals surface area contributed by atoms with Crippen LogP contribution in [-0.4, -0.2) is 7.11 Å². The first-order chi connectivity index (χ1) is 9.33. The van der Waals surface area contributed by atoms with Gasteiger partial charge in [0.25, 0.3) is 0 Å². The van der Waals surface area contributed by atoms with Gasteiger partial charge < -0.3 is 9.04 Å². The second-order valence-electron chi connectivity index (χ2n) is 3.88. The topological polar surface area (TPSA) is 12.5 Å². The van der Waals surface area contributed by atoms with Gasteiger partial charge in [-0.1, -0.05) is 30.3 Å². The van der Waals surface area contributed by atoms with E-state index in [0.29, 0.717) is 0 Å². The number of hydrogen-bond donors (Lipinski definition) is 0. The van der Waals surface area contributed by atoms with Crippen molar-refractivity contribution in [3.8, 4) is 5.75 Å². The Morgan fingerprint density at radius 3 is 2.37 bits per heavy atom. The van der Waals surface area contributed by atoms with Gasteiger partial charge in [-0.25, -0.2) is 0 Å². The van der Waals surface area contributed by atoms with Crippen molar-refractivity contribution in [2.45, 2.75) is 6.54 Å². The van der Waals surface area contributed by atoms with Gasteiger partial charge in [0.1, 0.15) is 5.75 Å². The minimum absolute atomic E-state index is 0.835. The Bertz CT molecular complexity index is 519. The summed E-state index contributed by atoms with van der Waals surface area (Å²) in [4.78, 5) is 0. The van der Waals surface area contributed by atoms with E-state index in [4.69, 9.17) is 16.5 Å². The molecule has 0 aliphatic rings. The highest BCUT2D eigenvalue weighted by molar-refractivity contribution is 8.58. The summed E-state index contributed by atoms with van der Waals surface area (Å²) in [6.07, 6.45) is 0. The van der Waals surface area contributed by atoms with Crippen LogP contribution in [0.3, 0.4) is 0 Å². The normalized spacial score (nSPS) is 10.4. The predicted molar refractivity (Wildman–Crippen MR) is 87.5 cm³/mol. The maximum atomic E-state index is 5.18. The highest BCUT2D eigenvalue weighted by Crippen LogP contribution is 2.32. The van der Waals surface area contributed by atoms with Gasteiger partial charge in [0.2, 0.25) is 0 Å². The van der Waals surface area contributed by atoms with Gasteiger partial charge in [0.15, 0.2) is 0 Å². The van der Waals surface area contributed by atoms with Crippen LogP contribution in [0.15, 0.2) is 54.6 Å². The van der Waals surface area contributed by atoms with Crippen molar-refractivity contribution < 1.29 is 4.74 Å². The van der Waals surface area contributed by atoms with Crippen LogP contribution in [0.25, 0.3) is 0 Å². The highest BCUT2D eigenvalue weighted by Gasteiger charge is 2.07. The van der Waals surface area contributed by atoms with Crippen molar-refractivity contribution >= 4 is 35.6 Å². The number of hydrogen-bond acceptors (Lipinski definition) is 4. The molecule has 0 heterocycles. The number of anilines is 1. The Kier molecular flexibility index (Phi) is 5.64. The molecule has 2 rings (SSSR count). The van der Waals surface area contributed by atoms with Gasteiger partial charge in [-0.3, -0.25) is 0 Å². The molecule has 0 saturated heterocycles. The molecule has 0 aliphatic carbocycles. The Balaban J connectivity index is 2.16. The lowest BCUT2D eigenvalue weighted by atomic mass is 10.2. The zero-order chi connectivity index (χ0) is 13.5. The van der Waals surface area contributed by atoms with Crippen molar-refractivity contribution in [1.29, 1.82) is 0 Å². The molecule has 19 heavy (non-hydrogen) atoms. The lowest BCUT2D eigenvalue weighted by molar-refractivity contribution is 0.415. The summed E-state index contributed by atoms with van der Waals surface area (Å²) in [5.74, 6) is 0.865. The Labute approximate surface area is 124 Å². The Morgan fingerprint density at radius 2 is 1.79 bits per heavy atom. The third-order valence-electron chi connectivity index (χ3n) is 2.66. The van der Waals surface area contributed by atoms with Gasteiger partial charge in [0.05, 0.1) is 20.2 Å². The van der Waals surface area contributed by atoms with Crippen LogP contribution in [0.5, 0.6) is 5.75 Å². The summed E-state index contributed by atoms with van der Waals surface area (Å²) in [5.41, 5.74) is 2.40. The van der Waals surface area contributed by atoms with Crippen LogP contribution in [0.2, 0.25) is 0 Å². The van der Waals surface area contributed by atoms with E-state index < -0.39 is 0 Å². The highest BCUT2D eigenvalue weighted by atomic mass is 32.9. The number of methoxy groups -OCH3 is 1. The monoisotopic (exact) mass is 307 g/mol. The van der Waals surface area contributed by atoms with Gasteiger partial charge >= 0.3 is 0 Å². The van der Waals surface area contributed by atoms with E-state index in [-0.39, 0.29) is 0 Å². The summed E-state index contributed by atoms with van der Waals surface area (Å²) in [7, 11) is 1.67. The molecule has 2 aromatic rings. The molecule has 0 unspecified atom stereocenters. The molecular weight excluding hydrogens is 293 g/mol. The molecule has 98 valence electrons. The predicted octanol–water partition coefficient (Wildman–Crippen LogP) is 4.67. The maximum Gasteiger partial charge on any atom is 0.119 e. The van der Waals surface area contributed by atoms with Crippen molar-refractivity contribution in [2.75, 3.05) is 11.4 Å². The SMILES string of the molecule is COc1ccc(N(Cc2ccccc2)SP=S)cc1. The molecular formula is C14H14NOPS2. The first kappa shape index (κ1) is 14.3. The van der Waals surface area contributed by atoms with E-state index in [1.165, 1.54) is 5.56 Å². The van der Waals surface area contributed by atoms with Gasteiger partial charge in [-0.15, -0.1) is 0 Å². The first-order valence-corrected chi connectivity index (χ1v) is 9.07. The number of benzene rings is 2. The smallest absolute Gasteiger partial charge is 0.119 e. The summed E-state index contributed by atoms with van der Waals surface area (Å²) in [6, 6.07) is 18.4. The number of ether oxygens (including phenoxy) is 1. The third-order valence-corrected chi connectivity index (χ3v) is 4.66. The molecule has 0 aromatic heterocycles. The molecule has 0 atom stereocenters. The molecule has 0 amide bonds. The van der Waals surface area contributed by atoms with Crippen LogP contribution < -0.4 is 9.04 Å². The van der Waals surface area contributed by atoms with Crippen LogP contribution in [-0.2, 0) is 18.4 Å². The molecule has 0 spiro atoms. The Hall–Kier alpha value is -1.09. The van der Waals surface area contributed by atoms with E-state index in [9.17, 15) is 0 Å². The van der Waals surface area contributed by atoms with E-state index in [0.717, 1.165) is 24.5 Å². The number of nitrogens with zero attached hydrogens (tertiary/aromatic N) is 1. The fourth-order valence-electron chi connectivity index (χ4n) is 1.71. The first-order valence-electron chi connectivity index (χ1n) is 5.79. The maximum absolute atomic E-state index is 5.18. The summed E-state index contributed by atoms with van der Waals surface area (Å²) >= 11 is 6.68. The van der Waals surface area contributed by atoms with Crippen LogP contribution in [0.4, 0.5) is 5.69 Å². The quantitative estimate of drug-likeness (QED) is 0.567. The van der Waals surface area contributed by atoms with Crippen molar-refractivity contribution in [2.24, 2.45) is 0 Å². The molecule has 0 radical (unpaired) electrons. The Morgan fingerprint density at radius 1 is 1.11 bits per heavy atom. The fourth-order valence-corrected chi connectivity index (χ4v) is 3.63. The third kappa shape index (κ3) is 4.20. The average Bonchev–Trinajstić information content (AvgIpc) is 2.48. The lowest BCUT2D eigenvalue weighted by Crippen LogP contribution is -2.11. The van der Waals surface area contributed by atoms with Crippen molar-refractivity contribution in [3.05, 3.63) is 60.2 Å². The minimum Gasteiger partial charge on any atom is -0.497 e. The van der Waals surface area contributed by atoms with E-state index in [1.54, 1.807) is 18.7 Å². The molecule has 0 fully saturated rings. The summed E-state index contributed by atoms with van der Waals surface area (Å²) in [6.45, 7) is 1.70. The fraction of sp³-hybridized carbons (Fsp3) is 0.143. The molecule has 0 N–H and O–H groups in total. The largest absolute Gasteiger partial charge is 0.497 e. The molecule has 0 saturated carbocycles. The van der Waals surface area contributed by atoms with E-state index >= 15 is 0 Å². The van der Waals surface area contributed by atoms with Gasteiger partial charge in [-0.2, -0.15) is 0 Å². The van der Waals surface area contributed by atoms with Crippen molar-refractivity contribution in [3.63, 3.8) is 0 Å². The standard InChI is InChI=1S/C14H14NOPS2/c1-16-14-9-7-13(8-10-14)15(19-17-18)11-12-5-3-2-4-6-12/h2-10H,11H2,1H3. The van der Waals surface area contributed by atoms with Crippen LogP contribution >= 0.6 is 18.1 Å². The molecule has 2 nitrogen and oxygen atoms in total. The van der Waals surface area contributed by atoms with Gasteiger partial charge in [0, 0.05) is 17.3 Å². The molecule has 0 aliphatic heterocycles. The zero-order valence-corrected chi connectivity index (χ0v) is 13.0. The summed E-state index contributed by atoms with van der Waals surface area (Å²) < 4.78 is 7.38. The second-order valence-corrected chi connectivity index (χ2v) is 6.91. The number of rotatable bonds is 6. The van der Waals surface area contributed by atoms with Crippen LogP contribution in [0, 0.1) is 0 Å².